The number of carboxylic acids is 1. The Kier molecular flexibility index (Phi) is 4.81. The summed E-state index contributed by atoms with van der Waals surface area (Å²) in [6, 6.07) is 3.92. The van der Waals surface area contributed by atoms with Crippen molar-refractivity contribution >= 4 is 21.7 Å². The Morgan fingerprint density at radius 1 is 1.33 bits per heavy atom. The lowest BCUT2D eigenvalue weighted by molar-refractivity contribution is 0.0697. The van der Waals surface area contributed by atoms with Gasteiger partial charge in [0.1, 0.15) is 0 Å². The summed E-state index contributed by atoms with van der Waals surface area (Å²) in [5, 5.41) is 20.8. The smallest absolute Gasteiger partial charge is 0.337 e. The molecule has 1 saturated carbocycles. The summed E-state index contributed by atoms with van der Waals surface area (Å²) in [5.74, 6) is -1.20. The molecule has 1 aromatic rings. The van der Waals surface area contributed by atoms with Crippen LogP contribution in [0, 0.1) is 0 Å². The molecule has 0 saturated heterocycles. The number of sulfonamides is 1. The van der Waals surface area contributed by atoms with Gasteiger partial charge in [0.2, 0.25) is 10.0 Å². The third-order valence-corrected chi connectivity index (χ3v) is 4.60. The standard InChI is InChI=1S/C13H18N2O5S/c16-7-1-6-14-12-5-4-10(8-11(12)13(17)18)21(19,20)15-9-2-3-9/h4-5,8-9,14-16H,1-3,6-7H2,(H,17,18). The van der Waals surface area contributed by atoms with E-state index in [0.717, 1.165) is 18.9 Å². The fourth-order valence-electron chi connectivity index (χ4n) is 1.81. The van der Waals surface area contributed by atoms with Crippen LogP contribution in [0.1, 0.15) is 29.6 Å². The molecule has 1 fully saturated rings. The third-order valence-electron chi connectivity index (χ3n) is 3.08. The van der Waals surface area contributed by atoms with Gasteiger partial charge in [-0.3, -0.25) is 0 Å². The maximum Gasteiger partial charge on any atom is 0.337 e. The lowest BCUT2D eigenvalue weighted by atomic mass is 10.2. The molecule has 7 nitrogen and oxygen atoms in total. The van der Waals surface area contributed by atoms with Crippen molar-refractivity contribution in [2.45, 2.75) is 30.2 Å². The highest BCUT2D eigenvalue weighted by Gasteiger charge is 2.28. The van der Waals surface area contributed by atoms with E-state index in [0.29, 0.717) is 18.7 Å². The van der Waals surface area contributed by atoms with Crippen molar-refractivity contribution in [2.75, 3.05) is 18.5 Å². The van der Waals surface area contributed by atoms with Gasteiger partial charge < -0.3 is 15.5 Å². The van der Waals surface area contributed by atoms with Crippen molar-refractivity contribution in [3.63, 3.8) is 0 Å². The number of aliphatic hydroxyl groups excluding tert-OH is 1. The molecule has 2 rings (SSSR count). The molecule has 1 aliphatic rings. The van der Waals surface area contributed by atoms with Crippen LogP contribution in [-0.2, 0) is 10.0 Å². The van der Waals surface area contributed by atoms with Crippen LogP contribution in [-0.4, -0.2) is 43.8 Å². The highest BCUT2D eigenvalue weighted by atomic mass is 32.2. The molecule has 1 aromatic carbocycles. The van der Waals surface area contributed by atoms with E-state index in [-0.39, 0.29) is 23.1 Å². The number of benzene rings is 1. The maximum atomic E-state index is 12.1. The minimum Gasteiger partial charge on any atom is -0.478 e. The summed E-state index contributed by atoms with van der Waals surface area (Å²) in [5.41, 5.74) is 0.230. The second-order valence-corrected chi connectivity index (χ2v) is 6.63. The predicted molar refractivity (Wildman–Crippen MR) is 76.9 cm³/mol. The molecule has 0 amide bonds. The lowest BCUT2D eigenvalue weighted by Gasteiger charge is -2.11. The molecular weight excluding hydrogens is 296 g/mol. The number of aliphatic hydroxyl groups is 1. The highest BCUT2D eigenvalue weighted by Crippen LogP contribution is 2.24. The molecule has 116 valence electrons. The summed E-state index contributed by atoms with van der Waals surface area (Å²) < 4.78 is 26.7. The Hall–Kier alpha value is -1.64. The number of hydrogen-bond donors (Lipinski definition) is 4. The summed E-state index contributed by atoms with van der Waals surface area (Å²) in [4.78, 5) is 11.2. The average molecular weight is 314 g/mol. The van der Waals surface area contributed by atoms with E-state index in [4.69, 9.17) is 5.11 Å². The fourth-order valence-corrected chi connectivity index (χ4v) is 3.14. The summed E-state index contributed by atoms with van der Waals surface area (Å²) in [6.07, 6.45) is 2.10. The van der Waals surface area contributed by atoms with Crippen LogP contribution in [0.25, 0.3) is 0 Å². The number of carboxylic acid groups (broad SMARTS) is 1. The quantitative estimate of drug-likeness (QED) is 0.523. The zero-order valence-electron chi connectivity index (χ0n) is 11.4. The monoisotopic (exact) mass is 314 g/mol. The van der Waals surface area contributed by atoms with Gasteiger partial charge in [-0.1, -0.05) is 0 Å². The van der Waals surface area contributed by atoms with Crippen LogP contribution in [0.4, 0.5) is 5.69 Å². The highest BCUT2D eigenvalue weighted by molar-refractivity contribution is 7.89. The lowest BCUT2D eigenvalue weighted by Crippen LogP contribution is -2.26. The molecule has 0 heterocycles. The van der Waals surface area contributed by atoms with Crippen LogP contribution < -0.4 is 10.0 Å². The minimum absolute atomic E-state index is 0.00677. The second-order valence-electron chi connectivity index (χ2n) is 4.91. The van der Waals surface area contributed by atoms with Crippen LogP contribution in [0.5, 0.6) is 0 Å². The van der Waals surface area contributed by atoms with Gasteiger partial charge >= 0.3 is 5.97 Å². The first-order chi connectivity index (χ1) is 9.94. The zero-order valence-corrected chi connectivity index (χ0v) is 12.2. The van der Waals surface area contributed by atoms with Gasteiger partial charge in [-0.2, -0.15) is 0 Å². The Labute approximate surface area is 123 Å². The van der Waals surface area contributed by atoms with Crippen LogP contribution in [0.2, 0.25) is 0 Å². The zero-order chi connectivity index (χ0) is 15.5. The number of anilines is 1. The molecule has 0 aromatic heterocycles. The van der Waals surface area contributed by atoms with Gasteiger partial charge in [0.15, 0.2) is 0 Å². The molecule has 0 aliphatic heterocycles. The number of carbonyl (C=O) groups is 1. The first kappa shape index (κ1) is 15.7. The van der Waals surface area contributed by atoms with E-state index >= 15 is 0 Å². The van der Waals surface area contributed by atoms with Crippen molar-refractivity contribution in [1.29, 1.82) is 0 Å². The normalized spacial score (nSPS) is 14.9. The SMILES string of the molecule is O=C(O)c1cc(S(=O)(=O)NC2CC2)ccc1NCCCO. The number of aromatic carboxylic acids is 1. The van der Waals surface area contributed by atoms with E-state index in [9.17, 15) is 18.3 Å². The first-order valence-corrected chi connectivity index (χ1v) is 8.17. The molecule has 0 atom stereocenters. The number of hydrogen-bond acceptors (Lipinski definition) is 5. The van der Waals surface area contributed by atoms with Gasteiger partial charge in [0, 0.05) is 24.9 Å². The van der Waals surface area contributed by atoms with Gasteiger partial charge in [0.25, 0.3) is 0 Å². The Morgan fingerprint density at radius 2 is 2.05 bits per heavy atom. The largest absolute Gasteiger partial charge is 0.478 e. The minimum atomic E-state index is -3.68. The van der Waals surface area contributed by atoms with Gasteiger partial charge in [-0.05, 0) is 37.5 Å². The van der Waals surface area contributed by atoms with Crippen LogP contribution in [0.3, 0.4) is 0 Å². The Morgan fingerprint density at radius 3 is 2.62 bits per heavy atom. The molecule has 1 aliphatic carbocycles. The Balaban J connectivity index is 2.24. The predicted octanol–water partition coefficient (Wildman–Crippen LogP) is 0.620. The van der Waals surface area contributed by atoms with Crippen molar-refractivity contribution in [3.8, 4) is 0 Å². The van der Waals surface area contributed by atoms with E-state index < -0.39 is 16.0 Å². The van der Waals surface area contributed by atoms with Gasteiger partial charge in [0.05, 0.1) is 10.5 Å². The van der Waals surface area contributed by atoms with Gasteiger partial charge in [-0.15, -0.1) is 0 Å². The summed E-state index contributed by atoms with van der Waals surface area (Å²) >= 11 is 0. The van der Waals surface area contributed by atoms with Crippen molar-refractivity contribution < 1.29 is 23.4 Å². The molecule has 0 spiro atoms. The first-order valence-electron chi connectivity index (χ1n) is 6.68. The topological polar surface area (TPSA) is 116 Å². The Bertz CT molecular complexity index is 625. The van der Waals surface area contributed by atoms with Crippen molar-refractivity contribution in [3.05, 3.63) is 23.8 Å². The van der Waals surface area contributed by atoms with E-state index in [1.165, 1.54) is 12.1 Å². The summed E-state index contributed by atoms with van der Waals surface area (Å²) in [7, 11) is -3.68. The van der Waals surface area contributed by atoms with Crippen LogP contribution >= 0.6 is 0 Å². The molecule has 4 N–H and O–H groups in total. The molecule has 8 heteroatoms. The van der Waals surface area contributed by atoms with E-state index in [1.807, 2.05) is 0 Å². The molecule has 0 bridgehead atoms. The average Bonchev–Trinajstić information content (AvgIpc) is 3.22. The second kappa shape index (κ2) is 6.42. The van der Waals surface area contributed by atoms with Gasteiger partial charge in [-0.25, -0.2) is 17.9 Å². The van der Waals surface area contributed by atoms with Crippen LogP contribution in [0.15, 0.2) is 23.1 Å². The number of rotatable bonds is 8. The van der Waals surface area contributed by atoms with Crippen molar-refractivity contribution in [1.82, 2.24) is 4.72 Å². The molecule has 0 unspecified atom stereocenters. The molecular formula is C13H18N2O5S. The summed E-state index contributed by atoms with van der Waals surface area (Å²) in [6.45, 7) is 0.399. The van der Waals surface area contributed by atoms with E-state index in [1.54, 1.807) is 0 Å². The van der Waals surface area contributed by atoms with E-state index in [2.05, 4.69) is 10.0 Å². The molecule has 21 heavy (non-hydrogen) atoms. The fraction of sp³-hybridized carbons (Fsp3) is 0.462. The maximum absolute atomic E-state index is 12.1. The van der Waals surface area contributed by atoms with Crippen molar-refractivity contribution in [2.24, 2.45) is 0 Å². The number of nitrogens with one attached hydrogen (secondary N) is 2. The molecule has 0 radical (unpaired) electrons. The third kappa shape index (κ3) is 4.16.